The van der Waals surface area contributed by atoms with Crippen molar-refractivity contribution < 1.29 is 19.8 Å². The zero-order valence-electron chi connectivity index (χ0n) is 9.88. The van der Waals surface area contributed by atoms with Crippen LogP contribution in [0.5, 0.6) is 11.5 Å². The van der Waals surface area contributed by atoms with E-state index in [1.165, 1.54) is 36.4 Å². The number of carbonyl (C=O) groups is 2. The Morgan fingerprint density at radius 1 is 0.684 bits per heavy atom. The van der Waals surface area contributed by atoms with Crippen LogP contribution in [0.25, 0.3) is 0 Å². The quantitative estimate of drug-likeness (QED) is 0.502. The van der Waals surface area contributed by atoms with Gasteiger partial charge in [-0.3, -0.25) is 9.59 Å². The Bertz CT molecular complexity index is 649. The average molecular weight is 449 g/mol. The molecule has 0 aromatic heterocycles. The van der Waals surface area contributed by atoms with Crippen LogP contribution >= 0.6 is 0 Å². The summed E-state index contributed by atoms with van der Waals surface area (Å²) < 4.78 is 0. The van der Waals surface area contributed by atoms with Gasteiger partial charge in [0.15, 0.2) is 5.78 Å². The van der Waals surface area contributed by atoms with Gasteiger partial charge in [0.2, 0.25) is 5.78 Å². The summed E-state index contributed by atoms with van der Waals surface area (Å²) >= 11 is 0. The molecule has 2 N–H and O–H groups in total. The van der Waals surface area contributed by atoms with Gasteiger partial charge in [-0.15, -0.1) is 0 Å². The first-order valence-electron chi connectivity index (χ1n) is 5.34. The Labute approximate surface area is 128 Å². The minimum atomic E-state index is -0.532. The molecular weight excluding hydrogens is 439 g/mol. The van der Waals surface area contributed by atoms with E-state index in [-0.39, 0.29) is 66.8 Å². The van der Waals surface area contributed by atoms with E-state index in [0.717, 1.165) is 0 Å². The minimum absolute atomic E-state index is 0. The number of hydrogen-bond donors (Lipinski definition) is 2. The van der Waals surface area contributed by atoms with Crippen molar-refractivity contribution in [2.75, 3.05) is 0 Å². The van der Waals surface area contributed by atoms with Crippen molar-refractivity contribution in [1.82, 2.24) is 0 Å². The van der Waals surface area contributed by atoms with Crippen LogP contribution < -0.4 is 0 Å². The number of aromatic hydroxyl groups is 2. The Balaban J connectivity index is 0.00000133. The molecule has 2 aromatic carbocycles. The fourth-order valence-corrected chi connectivity index (χ4v) is 2.21. The number of ketones is 2. The Kier molecular flexibility index (Phi) is 3.44. The number of carbonyl (C=O) groups excluding carboxylic acids is 2. The van der Waals surface area contributed by atoms with Crippen molar-refractivity contribution in [3.05, 3.63) is 58.7 Å². The topological polar surface area (TPSA) is 74.6 Å². The summed E-state index contributed by atoms with van der Waals surface area (Å²) in [5.74, 6) is -1.40. The zero-order valence-corrected chi connectivity index (χ0v) is 15.4. The van der Waals surface area contributed by atoms with Crippen LogP contribution in [0, 0.1) is 0 Å². The van der Waals surface area contributed by atoms with Crippen LogP contribution in [-0.2, 0) is 0 Å². The van der Waals surface area contributed by atoms with Crippen LogP contribution in [0.3, 0.4) is 0 Å². The van der Waals surface area contributed by atoms with E-state index in [1.54, 1.807) is 0 Å². The van der Waals surface area contributed by atoms with Crippen LogP contribution in [0.4, 0.5) is 0 Å². The molecule has 0 saturated carbocycles. The number of phenols is 2. The molecule has 0 atom stereocenters. The number of phenolic OH excluding ortho intramolecular Hbond substituents is 2. The van der Waals surface area contributed by atoms with E-state index in [4.69, 9.17) is 0 Å². The van der Waals surface area contributed by atoms with E-state index < -0.39 is 5.78 Å². The zero-order chi connectivity index (χ0) is 12.9. The summed E-state index contributed by atoms with van der Waals surface area (Å²) in [6, 6.07) is 8.68. The first-order chi connectivity index (χ1) is 8.61. The van der Waals surface area contributed by atoms with Crippen molar-refractivity contribution in [3.63, 3.8) is 0 Å². The molecule has 1 aliphatic rings. The van der Waals surface area contributed by atoms with Crippen molar-refractivity contribution >= 4 is 38.9 Å². The van der Waals surface area contributed by atoms with E-state index in [2.05, 4.69) is 0 Å². The fourth-order valence-electron chi connectivity index (χ4n) is 2.21. The monoisotopic (exact) mass is 450 g/mol. The van der Waals surface area contributed by atoms with Crippen LogP contribution in [0.2, 0.25) is 0 Å². The van der Waals surface area contributed by atoms with Crippen molar-refractivity contribution in [2.24, 2.45) is 0 Å². The molecule has 0 amide bonds. The van der Waals surface area contributed by atoms with Gasteiger partial charge in [0.05, 0.1) is 11.1 Å². The van der Waals surface area contributed by atoms with Gasteiger partial charge >= 0.3 is 27.3 Å². The molecule has 5 heteroatoms. The second-order valence-corrected chi connectivity index (χ2v) is 4.06. The van der Waals surface area contributed by atoms with Crippen molar-refractivity contribution in [2.45, 2.75) is 0 Å². The second kappa shape index (κ2) is 4.77. The normalized spacial score (nSPS) is 12.4. The SMILES string of the molecule is O=C1c2cccc(O)c2C(=O)c2c(O)cccc21.[PbH2]. The molecule has 0 fully saturated rings. The average Bonchev–Trinajstić information content (AvgIpc) is 2.35. The van der Waals surface area contributed by atoms with E-state index >= 15 is 0 Å². The van der Waals surface area contributed by atoms with Gasteiger partial charge in [-0.05, 0) is 12.1 Å². The third-order valence-corrected chi connectivity index (χ3v) is 3.03. The van der Waals surface area contributed by atoms with E-state index in [0.29, 0.717) is 0 Å². The predicted molar refractivity (Wildman–Crippen MR) is 71.6 cm³/mol. The summed E-state index contributed by atoms with van der Waals surface area (Å²) in [5, 5.41) is 19.4. The van der Waals surface area contributed by atoms with Crippen LogP contribution in [-0.4, -0.2) is 49.1 Å². The molecule has 4 nitrogen and oxygen atoms in total. The summed E-state index contributed by atoms with van der Waals surface area (Å²) in [4.78, 5) is 24.4. The van der Waals surface area contributed by atoms with Gasteiger partial charge in [0.1, 0.15) is 11.5 Å². The van der Waals surface area contributed by atoms with Gasteiger partial charge in [-0.25, -0.2) is 0 Å². The van der Waals surface area contributed by atoms with Crippen molar-refractivity contribution in [3.8, 4) is 11.5 Å². The molecule has 0 spiro atoms. The molecule has 0 heterocycles. The molecule has 0 bridgehead atoms. The first kappa shape index (κ1) is 13.7. The van der Waals surface area contributed by atoms with Gasteiger partial charge in [-0.2, -0.15) is 0 Å². The summed E-state index contributed by atoms with van der Waals surface area (Å²) in [7, 11) is 0. The van der Waals surface area contributed by atoms with E-state index in [1.807, 2.05) is 0 Å². The second-order valence-electron chi connectivity index (χ2n) is 4.06. The number of hydrogen-bond acceptors (Lipinski definition) is 4. The van der Waals surface area contributed by atoms with Gasteiger partial charge in [-0.1, -0.05) is 24.3 Å². The molecular formula is C14H10O4Pb. The molecule has 1 aliphatic carbocycles. The number of benzene rings is 2. The summed E-state index contributed by atoms with van der Waals surface area (Å²) in [5.41, 5.74) is 0.240. The summed E-state index contributed by atoms with van der Waals surface area (Å²) in [6.07, 6.45) is 0. The third kappa shape index (κ3) is 1.86. The van der Waals surface area contributed by atoms with Crippen LogP contribution in [0.1, 0.15) is 31.8 Å². The Hall–Kier alpha value is -1.70. The molecule has 2 aromatic rings. The molecule has 2 radical (unpaired) electrons. The van der Waals surface area contributed by atoms with Crippen molar-refractivity contribution in [1.29, 1.82) is 0 Å². The maximum absolute atomic E-state index is 12.2. The summed E-state index contributed by atoms with van der Waals surface area (Å²) in [6.45, 7) is 0. The molecule has 3 rings (SSSR count). The van der Waals surface area contributed by atoms with Gasteiger partial charge in [0.25, 0.3) is 0 Å². The van der Waals surface area contributed by atoms with E-state index in [9.17, 15) is 19.8 Å². The third-order valence-electron chi connectivity index (χ3n) is 3.03. The number of fused-ring (bicyclic) bond motifs is 2. The van der Waals surface area contributed by atoms with Crippen LogP contribution in [0.15, 0.2) is 36.4 Å². The first-order valence-corrected chi connectivity index (χ1v) is 5.34. The Morgan fingerprint density at radius 3 is 1.53 bits per heavy atom. The fraction of sp³-hybridized carbons (Fsp3) is 0. The Morgan fingerprint density at radius 2 is 1.11 bits per heavy atom. The molecule has 0 aliphatic heterocycles. The molecule has 0 saturated heterocycles. The van der Waals surface area contributed by atoms with Gasteiger partial charge in [0, 0.05) is 11.1 Å². The maximum atomic E-state index is 12.2. The molecule has 94 valence electrons. The molecule has 0 unspecified atom stereocenters. The predicted octanol–water partition coefficient (Wildman–Crippen LogP) is 0.957. The molecule has 19 heavy (non-hydrogen) atoms. The van der Waals surface area contributed by atoms with Gasteiger partial charge < -0.3 is 10.2 Å². The standard InChI is InChI=1S/C14H8O4.Pb.2H/c15-9-5-1-3-7-11(9)14(18)12-8(13(7)17)4-2-6-10(12)16;;;/h1-6,15-16H;;;. The number of rotatable bonds is 0.